The third-order valence-electron chi connectivity index (χ3n) is 5.44. The summed E-state index contributed by atoms with van der Waals surface area (Å²) in [6, 6.07) is 8.65. The third kappa shape index (κ3) is 6.42. The standard InChI is InChI=1S/C24H27Cl3N4O2/c1-30-20-14-18(26)19(27)15-21(20)31(12-4-2-3-5-23(33)29-11-10-28)24(30)9-6-16-13-17(25)7-8-22(16)32/h6-9,13-15H,2-5,10-12,28H2,1H3,(H,29,33)/p+1. The minimum atomic E-state index is 0.0321. The van der Waals surface area contributed by atoms with Crippen LogP contribution < -0.4 is 15.6 Å². The van der Waals surface area contributed by atoms with Gasteiger partial charge in [-0.2, -0.15) is 0 Å². The summed E-state index contributed by atoms with van der Waals surface area (Å²) in [6.07, 6.45) is 6.85. The highest BCUT2D eigenvalue weighted by molar-refractivity contribution is 6.42. The fourth-order valence-electron chi connectivity index (χ4n) is 3.73. The molecule has 0 aliphatic carbocycles. The second kappa shape index (κ2) is 11.7. The Kier molecular flexibility index (Phi) is 9.03. The molecule has 0 bridgehead atoms. The molecule has 0 atom stereocenters. The maximum atomic E-state index is 11.8. The molecular weight excluding hydrogens is 483 g/mol. The van der Waals surface area contributed by atoms with Gasteiger partial charge >= 0.3 is 0 Å². The number of rotatable bonds is 10. The molecule has 9 heteroatoms. The van der Waals surface area contributed by atoms with E-state index in [1.165, 1.54) is 0 Å². The van der Waals surface area contributed by atoms with E-state index in [1.54, 1.807) is 18.2 Å². The lowest BCUT2D eigenvalue weighted by molar-refractivity contribution is -0.647. The second-order valence-corrected chi connectivity index (χ2v) is 9.06. The zero-order valence-corrected chi connectivity index (χ0v) is 20.7. The quantitative estimate of drug-likeness (QED) is 0.267. The van der Waals surface area contributed by atoms with Crippen LogP contribution >= 0.6 is 34.8 Å². The second-order valence-electron chi connectivity index (χ2n) is 7.81. The summed E-state index contributed by atoms with van der Waals surface area (Å²) < 4.78 is 4.21. The zero-order chi connectivity index (χ0) is 24.0. The number of imidazole rings is 1. The highest BCUT2D eigenvalue weighted by Crippen LogP contribution is 2.29. The number of benzene rings is 2. The number of phenols is 1. The Bertz CT molecular complexity index is 1170. The number of amides is 1. The summed E-state index contributed by atoms with van der Waals surface area (Å²) in [7, 11) is 1.96. The van der Waals surface area contributed by atoms with Crippen LogP contribution in [0.15, 0.2) is 30.3 Å². The maximum absolute atomic E-state index is 11.8. The Hall–Kier alpha value is -2.25. The lowest BCUT2D eigenvalue weighted by Gasteiger charge is -2.04. The first-order valence-corrected chi connectivity index (χ1v) is 12.0. The van der Waals surface area contributed by atoms with Gasteiger partial charge in [-0.15, -0.1) is 0 Å². The minimum absolute atomic E-state index is 0.0321. The largest absolute Gasteiger partial charge is 0.507 e. The van der Waals surface area contributed by atoms with Crippen molar-refractivity contribution in [2.45, 2.75) is 32.2 Å². The first-order chi connectivity index (χ1) is 15.8. The van der Waals surface area contributed by atoms with Crippen LogP contribution in [-0.2, 0) is 18.4 Å². The molecule has 2 aromatic carbocycles. The number of hydrogen-bond donors (Lipinski definition) is 3. The molecule has 3 aromatic rings. The molecule has 0 saturated carbocycles. The number of carbonyl (C=O) groups is 1. The molecule has 0 aliphatic rings. The normalized spacial score (nSPS) is 11.5. The third-order valence-corrected chi connectivity index (χ3v) is 6.40. The lowest BCUT2D eigenvalue weighted by atomic mass is 10.1. The predicted molar refractivity (Wildman–Crippen MR) is 136 cm³/mol. The SMILES string of the molecule is C[n+]1c(/C=C/c2cc(Cl)ccc2O)n(CCCCCC(=O)NCCN)c2cc(Cl)c(Cl)cc21. The van der Waals surface area contributed by atoms with Gasteiger partial charge in [0.1, 0.15) is 5.75 Å². The van der Waals surface area contributed by atoms with Crippen molar-refractivity contribution in [3.8, 4) is 5.75 Å². The van der Waals surface area contributed by atoms with Crippen molar-refractivity contribution in [1.82, 2.24) is 9.88 Å². The molecule has 1 amide bonds. The molecule has 0 fully saturated rings. The minimum Gasteiger partial charge on any atom is -0.507 e. The number of nitrogens with zero attached hydrogens (tertiary/aromatic N) is 2. The van der Waals surface area contributed by atoms with Crippen molar-refractivity contribution in [2.24, 2.45) is 12.8 Å². The molecule has 0 radical (unpaired) electrons. The average Bonchev–Trinajstić information content (AvgIpc) is 3.03. The van der Waals surface area contributed by atoms with Crippen molar-refractivity contribution >= 4 is 63.9 Å². The molecule has 1 heterocycles. The number of aryl methyl sites for hydroxylation is 2. The summed E-state index contributed by atoms with van der Waals surface area (Å²) in [5, 5.41) is 14.5. The van der Waals surface area contributed by atoms with E-state index in [1.807, 2.05) is 35.9 Å². The molecule has 176 valence electrons. The van der Waals surface area contributed by atoms with Crippen LogP contribution in [0.5, 0.6) is 5.75 Å². The van der Waals surface area contributed by atoms with Crippen LogP contribution in [0, 0.1) is 0 Å². The van der Waals surface area contributed by atoms with E-state index >= 15 is 0 Å². The van der Waals surface area contributed by atoms with Crippen LogP contribution in [0.3, 0.4) is 0 Å². The fraction of sp³-hybridized carbons (Fsp3) is 0.333. The smallest absolute Gasteiger partial charge is 0.282 e. The Labute approximate surface area is 208 Å². The van der Waals surface area contributed by atoms with E-state index in [9.17, 15) is 9.90 Å². The molecule has 4 N–H and O–H groups in total. The first kappa shape index (κ1) is 25.4. The van der Waals surface area contributed by atoms with E-state index in [4.69, 9.17) is 40.5 Å². The molecule has 0 unspecified atom stereocenters. The fourth-order valence-corrected chi connectivity index (χ4v) is 4.23. The van der Waals surface area contributed by atoms with Crippen LogP contribution in [0.25, 0.3) is 23.2 Å². The molecule has 3 rings (SSSR count). The number of unbranched alkanes of at least 4 members (excludes halogenated alkanes) is 2. The lowest BCUT2D eigenvalue weighted by Crippen LogP contribution is -2.31. The highest BCUT2D eigenvalue weighted by Gasteiger charge is 2.22. The molecule has 33 heavy (non-hydrogen) atoms. The van der Waals surface area contributed by atoms with Crippen LogP contribution in [-0.4, -0.2) is 28.7 Å². The molecule has 0 spiro atoms. The summed E-state index contributed by atoms with van der Waals surface area (Å²) in [5.41, 5.74) is 7.94. The van der Waals surface area contributed by atoms with Gasteiger partial charge in [-0.3, -0.25) is 4.79 Å². The number of phenolic OH excluding ortho intramolecular Hbond substituents is 1. The predicted octanol–water partition coefficient (Wildman–Crippen LogP) is 4.94. The van der Waals surface area contributed by atoms with Crippen LogP contribution in [0.4, 0.5) is 0 Å². The van der Waals surface area contributed by atoms with E-state index in [0.717, 1.165) is 42.7 Å². The molecular formula is C24H28Cl3N4O2+. The van der Waals surface area contributed by atoms with Gasteiger partial charge in [-0.05, 0) is 43.5 Å². The summed E-state index contributed by atoms with van der Waals surface area (Å²) in [5.74, 6) is 1.10. The van der Waals surface area contributed by atoms with Crippen LogP contribution in [0.1, 0.15) is 37.1 Å². The first-order valence-electron chi connectivity index (χ1n) is 10.8. The Balaban J connectivity index is 1.84. The summed E-state index contributed by atoms with van der Waals surface area (Å²) in [4.78, 5) is 11.8. The number of nitrogens with two attached hydrogens (primary N) is 1. The average molecular weight is 511 g/mol. The maximum Gasteiger partial charge on any atom is 0.282 e. The molecule has 0 saturated heterocycles. The van der Waals surface area contributed by atoms with Gasteiger partial charge in [0, 0.05) is 48.3 Å². The Morgan fingerprint density at radius 3 is 2.64 bits per heavy atom. The number of halogens is 3. The van der Waals surface area contributed by atoms with E-state index in [2.05, 4.69) is 9.88 Å². The van der Waals surface area contributed by atoms with Gasteiger partial charge in [0.15, 0.2) is 11.0 Å². The van der Waals surface area contributed by atoms with Gasteiger partial charge in [0.25, 0.3) is 5.82 Å². The molecule has 1 aromatic heterocycles. The Morgan fingerprint density at radius 1 is 1.12 bits per heavy atom. The summed E-state index contributed by atoms with van der Waals surface area (Å²) >= 11 is 18.7. The molecule has 0 aliphatic heterocycles. The number of hydrogen-bond acceptors (Lipinski definition) is 3. The topological polar surface area (TPSA) is 84.2 Å². The van der Waals surface area contributed by atoms with E-state index in [-0.39, 0.29) is 11.7 Å². The van der Waals surface area contributed by atoms with Gasteiger partial charge in [0.05, 0.1) is 23.6 Å². The van der Waals surface area contributed by atoms with E-state index in [0.29, 0.717) is 40.1 Å². The van der Waals surface area contributed by atoms with E-state index < -0.39 is 0 Å². The summed E-state index contributed by atoms with van der Waals surface area (Å²) in [6.45, 7) is 1.69. The van der Waals surface area contributed by atoms with Crippen molar-refractivity contribution < 1.29 is 14.5 Å². The van der Waals surface area contributed by atoms with Gasteiger partial charge in [0.2, 0.25) is 5.91 Å². The highest BCUT2D eigenvalue weighted by atomic mass is 35.5. The Morgan fingerprint density at radius 2 is 1.88 bits per heavy atom. The van der Waals surface area contributed by atoms with Gasteiger partial charge in [-0.1, -0.05) is 34.8 Å². The van der Waals surface area contributed by atoms with Crippen molar-refractivity contribution in [1.29, 1.82) is 0 Å². The zero-order valence-electron chi connectivity index (χ0n) is 18.5. The number of aromatic nitrogens is 2. The number of carbonyl (C=O) groups excluding carboxylic acids is 1. The monoisotopic (exact) mass is 509 g/mol. The number of nitrogens with one attached hydrogen (secondary N) is 1. The van der Waals surface area contributed by atoms with Crippen LogP contribution in [0.2, 0.25) is 15.1 Å². The number of fused-ring (bicyclic) bond motifs is 1. The molecule has 6 nitrogen and oxygen atoms in total. The number of aromatic hydroxyl groups is 1. The van der Waals surface area contributed by atoms with Gasteiger partial charge < -0.3 is 16.2 Å². The van der Waals surface area contributed by atoms with Crippen molar-refractivity contribution in [2.75, 3.05) is 13.1 Å². The van der Waals surface area contributed by atoms with Crippen molar-refractivity contribution in [3.63, 3.8) is 0 Å². The van der Waals surface area contributed by atoms with Crippen molar-refractivity contribution in [3.05, 3.63) is 56.8 Å². The van der Waals surface area contributed by atoms with Gasteiger partial charge in [-0.25, -0.2) is 9.13 Å².